The maximum absolute atomic E-state index is 14.2. The van der Waals surface area contributed by atoms with E-state index in [1.165, 1.54) is 14.0 Å². The van der Waals surface area contributed by atoms with Gasteiger partial charge in [0.25, 0.3) is 0 Å². The molecular weight excluding hydrogens is 804 g/mol. The number of hydrogen-bond acceptors (Lipinski definition) is 19. The third-order valence-corrected chi connectivity index (χ3v) is 12.8. The Morgan fingerprint density at radius 3 is 2.05 bits per heavy atom. The number of carboxylic acids is 2. The molecule has 3 aliphatic heterocycles. The van der Waals surface area contributed by atoms with Gasteiger partial charge in [0.05, 0.1) is 53.6 Å². The Kier molecular flexibility index (Phi) is 20.5. The second kappa shape index (κ2) is 22.7. The van der Waals surface area contributed by atoms with E-state index < -0.39 is 120 Å². The molecule has 3 fully saturated rings. The predicted octanol–water partition coefficient (Wildman–Crippen LogP) is -1.86. The molecule has 0 aliphatic carbocycles. The monoisotopic (exact) mass is 881 g/mol. The van der Waals surface area contributed by atoms with Gasteiger partial charge in [-0.05, 0) is 94.8 Å². The summed E-state index contributed by atoms with van der Waals surface area (Å²) in [6.45, 7) is 18.0. The number of carboxylic acid groups (broad SMARTS) is 2. The van der Waals surface area contributed by atoms with E-state index in [2.05, 4.69) is 0 Å². The number of carbonyl (C=O) groups excluding carboxylic acids is 3. The maximum atomic E-state index is 14.2. The van der Waals surface area contributed by atoms with Gasteiger partial charge in [-0.25, -0.2) is 0 Å². The van der Waals surface area contributed by atoms with E-state index in [4.69, 9.17) is 33.5 Å². The van der Waals surface area contributed by atoms with Crippen LogP contribution in [0.5, 0.6) is 0 Å². The van der Waals surface area contributed by atoms with Crippen molar-refractivity contribution in [2.45, 2.75) is 198 Å². The quantitative estimate of drug-likeness (QED) is 0.131. The van der Waals surface area contributed by atoms with Crippen molar-refractivity contribution in [2.75, 3.05) is 34.8 Å². The molecular formula is C42H76N2O17-2. The molecule has 0 unspecified atom stereocenters. The number of carbonyl (C=O) groups is 3. The van der Waals surface area contributed by atoms with Crippen molar-refractivity contribution in [1.29, 1.82) is 0 Å². The van der Waals surface area contributed by atoms with Crippen LogP contribution in [0.4, 0.5) is 0 Å². The summed E-state index contributed by atoms with van der Waals surface area (Å²) in [5.41, 5.74) is -4.37. The van der Waals surface area contributed by atoms with Crippen LogP contribution in [0.25, 0.3) is 0 Å². The highest BCUT2D eigenvalue weighted by atomic mass is 16.7. The molecule has 0 spiro atoms. The van der Waals surface area contributed by atoms with E-state index in [1.807, 2.05) is 51.7 Å². The average Bonchev–Trinajstić information content (AvgIpc) is 3.15. The summed E-state index contributed by atoms with van der Waals surface area (Å²) in [5, 5.41) is 85.5. The van der Waals surface area contributed by atoms with Gasteiger partial charge in [-0.3, -0.25) is 4.79 Å². The fraction of sp³-hybridized carbons (Fsp3) is 0.929. The molecule has 3 aliphatic rings. The zero-order valence-electron chi connectivity index (χ0n) is 38.5. The molecule has 61 heavy (non-hydrogen) atoms. The van der Waals surface area contributed by atoms with Crippen molar-refractivity contribution in [1.82, 2.24) is 9.80 Å². The Hall–Kier alpha value is -2.11. The van der Waals surface area contributed by atoms with Crippen LogP contribution < -0.4 is 10.2 Å². The summed E-state index contributed by atoms with van der Waals surface area (Å²) in [4.78, 5) is 37.2. The standard InChI is InChI=1S/C38H72N2O12.C4H6O5/c1-15-27-38(10,46)31(42)24(6)40(13)19-20(2)17-36(8,45)33(52-35-29(41)26(39(11)12)16-21(3)48-35)22(4)30(23(5)34(44)50-27)51-28-18-37(9,47-14)32(43)25(7)49-28;5-2(4(8)9)1-3(6)7/h20-33,35,41-43,45-46H,15-19H2,1-14H3;2,5H,1H2,(H,6,7)(H,8,9)/p-2/t20-,21-,22+,23-,24-,25+,26+,27-,28+,29-,30+,31-,32+,33-,35+,36-,37-,38-;2-/m11/s1. The number of nitrogens with zero attached hydrogens (tertiary/aromatic N) is 2. The zero-order valence-corrected chi connectivity index (χ0v) is 38.5. The zero-order chi connectivity index (χ0) is 47.1. The number of aliphatic hydroxyl groups is 6. The summed E-state index contributed by atoms with van der Waals surface area (Å²) >= 11 is 0. The van der Waals surface area contributed by atoms with Gasteiger partial charge >= 0.3 is 5.97 Å². The molecule has 0 aromatic carbocycles. The van der Waals surface area contributed by atoms with Gasteiger partial charge in [0.15, 0.2) is 12.6 Å². The SMILES string of the molecule is CC[C@H]1OC(=O)[C@H](C)[C@@H](O[C@H]2C[C@@](C)(OC)[C@@H](O)[C@H](C)O2)[C@H](C)[C@@H](O[C@@H]2O[C@H](C)C[C@H](N(C)C)[C@H]2O)[C@](C)(O)C[C@@H](C)CN(C)[C@H](C)[C@@H](O)[C@]1(C)O.O=C([O-])C[C@@H](O)C(=O)[O-]. The van der Waals surface area contributed by atoms with Crippen LogP contribution >= 0.6 is 0 Å². The predicted molar refractivity (Wildman–Crippen MR) is 215 cm³/mol. The highest BCUT2D eigenvalue weighted by molar-refractivity contribution is 5.77. The number of aliphatic hydroxyl groups excluding tert-OH is 4. The molecule has 0 saturated carbocycles. The van der Waals surface area contributed by atoms with Gasteiger partial charge < -0.3 is 88.7 Å². The van der Waals surface area contributed by atoms with Crippen LogP contribution in [0.1, 0.15) is 101 Å². The molecule has 19 atom stereocenters. The molecule has 0 aromatic heterocycles. The van der Waals surface area contributed by atoms with Crippen molar-refractivity contribution >= 4 is 17.9 Å². The molecule has 0 bridgehead atoms. The van der Waals surface area contributed by atoms with Crippen LogP contribution in [-0.2, 0) is 42.8 Å². The van der Waals surface area contributed by atoms with Crippen molar-refractivity contribution in [3.05, 3.63) is 0 Å². The topological polar surface area (TPSA) is 281 Å². The second-order valence-electron chi connectivity index (χ2n) is 18.6. The van der Waals surface area contributed by atoms with E-state index in [-0.39, 0.29) is 37.3 Å². The lowest BCUT2D eigenvalue weighted by molar-refractivity contribution is -0.323. The highest BCUT2D eigenvalue weighted by Crippen LogP contribution is 2.40. The smallest absolute Gasteiger partial charge is 0.311 e. The molecule has 19 heteroatoms. The third kappa shape index (κ3) is 14.2. The molecule has 6 N–H and O–H groups in total. The van der Waals surface area contributed by atoms with Gasteiger partial charge in [0.2, 0.25) is 0 Å². The molecule has 3 heterocycles. The number of hydrogen-bond donors (Lipinski definition) is 6. The summed E-state index contributed by atoms with van der Waals surface area (Å²) in [6.07, 6.45) is -11.1. The van der Waals surface area contributed by atoms with Gasteiger partial charge in [0, 0.05) is 50.5 Å². The highest BCUT2D eigenvalue weighted by Gasteiger charge is 2.52. The Bertz CT molecular complexity index is 1400. The first-order valence-corrected chi connectivity index (χ1v) is 21.3. The molecule has 0 amide bonds. The van der Waals surface area contributed by atoms with Gasteiger partial charge in [-0.1, -0.05) is 20.8 Å². The van der Waals surface area contributed by atoms with E-state index in [0.717, 1.165) is 0 Å². The largest absolute Gasteiger partial charge is 0.550 e. The minimum atomic E-state index is -1.96. The van der Waals surface area contributed by atoms with E-state index >= 15 is 0 Å². The lowest BCUT2D eigenvalue weighted by Gasteiger charge is -2.48. The Labute approximate surface area is 361 Å². The number of cyclic esters (lactones) is 1. The lowest BCUT2D eigenvalue weighted by atomic mass is 9.77. The number of rotatable bonds is 10. The molecule has 358 valence electrons. The van der Waals surface area contributed by atoms with Gasteiger partial charge in [-0.2, -0.15) is 0 Å². The summed E-state index contributed by atoms with van der Waals surface area (Å²) in [7, 11) is 7.12. The van der Waals surface area contributed by atoms with Crippen LogP contribution in [0.15, 0.2) is 0 Å². The second-order valence-corrected chi connectivity index (χ2v) is 18.6. The molecule has 3 saturated heterocycles. The van der Waals surface area contributed by atoms with Crippen LogP contribution in [0, 0.1) is 17.8 Å². The summed E-state index contributed by atoms with van der Waals surface area (Å²) in [5.74, 6) is -6.01. The number of ether oxygens (including phenoxy) is 6. The van der Waals surface area contributed by atoms with E-state index in [1.54, 1.807) is 41.5 Å². The summed E-state index contributed by atoms with van der Waals surface area (Å²) in [6, 6.07) is -0.808. The van der Waals surface area contributed by atoms with Crippen LogP contribution in [0.2, 0.25) is 0 Å². The number of esters is 1. The number of methoxy groups -OCH3 is 1. The first-order chi connectivity index (χ1) is 27.9. The van der Waals surface area contributed by atoms with Crippen molar-refractivity contribution in [3.8, 4) is 0 Å². The fourth-order valence-corrected chi connectivity index (χ4v) is 8.98. The van der Waals surface area contributed by atoms with Crippen LogP contribution in [-0.4, -0.2) is 190 Å². The van der Waals surface area contributed by atoms with Crippen LogP contribution in [0.3, 0.4) is 0 Å². The van der Waals surface area contributed by atoms with E-state index in [9.17, 15) is 50.1 Å². The average molecular weight is 881 g/mol. The molecule has 0 aromatic rings. The lowest BCUT2D eigenvalue weighted by Crippen LogP contribution is -2.60. The first-order valence-electron chi connectivity index (χ1n) is 21.3. The first kappa shape index (κ1) is 55.0. The third-order valence-electron chi connectivity index (χ3n) is 12.8. The maximum Gasteiger partial charge on any atom is 0.311 e. The number of likely N-dealkylation sites (N-methyl/N-ethyl adjacent to an activating group) is 2. The van der Waals surface area contributed by atoms with E-state index in [0.29, 0.717) is 13.0 Å². The Morgan fingerprint density at radius 2 is 1.56 bits per heavy atom. The van der Waals surface area contributed by atoms with Crippen molar-refractivity contribution < 1.29 is 83.7 Å². The van der Waals surface area contributed by atoms with Crippen molar-refractivity contribution in [2.24, 2.45) is 17.8 Å². The summed E-state index contributed by atoms with van der Waals surface area (Å²) < 4.78 is 37.5. The van der Waals surface area contributed by atoms with Gasteiger partial charge in [0.1, 0.15) is 30.0 Å². The Balaban J connectivity index is 0.00000127. The molecule has 3 rings (SSSR count). The Morgan fingerprint density at radius 1 is 0.967 bits per heavy atom. The molecule has 19 nitrogen and oxygen atoms in total. The van der Waals surface area contributed by atoms with Crippen molar-refractivity contribution in [3.63, 3.8) is 0 Å². The minimum Gasteiger partial charge on any atom is -0.550 e. The normalized spacial score (nSPS) is 44.1. The fourth-order valence-electron chi connectivity index (χ4n) is 8.98. The minimum absolute atomic E-state index is 0.133. The molecule has 0 radical (unpaired) electrons. The van der Waals surface area contributed by atoms with Gasteiger partial charge in [-0.15, -0.1) is 0 Å². The number of aliphatic carboxylic acids is 2.